The van der Waals surface area contributed by atoms with Crippen LogP contribution >= 0.6 is 27.5 Å². The summed E-state index contributed by atoms with van der Waals surface area (Å²) in [6.45, 7) is 1.67. The van der Waals surface area contributed by atoms with Crippen LogP contribution in [0, 0.1) is 6.92 Å². The van der Waals surface area contributed by atoms with Gasteiger partial charge in [-0.15, -0.1) is 0 Å². The second-order valence-corrected chi connectivity index (χ2v) is 5.40. The molecule has 0 atom stereocenters. The third-order valence-corrected chi connectivity index (χ3v) is 3.25. The number of carbonyl (C=O) groups excluding carboxylic acids is 1. The predicted molar refractivity (Wildman–Crippen MR) is 83.8 cm³/mol. The van der Waals surface area contributed by atoms with Gasteiger partial charge < -0.3 is 9.15 Å². The minimum atomic E-state index is -0.378. The quantitative estimate of drug-likeness (QED) is 0.646. The van der Waals surface area contributed by atoms with E-state index in [2.05, 4.69) is 26.5 Å². The molecule has 2 rings (SSSR count). The summed E-state index contributed by atoms with van der Waals surface area (Å²) in [7, 11) is 0. The minimum Gasteiger partial charge on any atom is -0.483 e. The van der Waals surface area contributed by atoms with Crippen molar-refractivity contribution < 1.29 is 13.9 Å². The zero-order valence-corrected chi connectivity index (χ0v) is 13.4. The first-order valence-electron chi connectivity index (χ1n) is 6.01. The van der Waals surface area contributed by atoms with E-state index in [9.17, 15) is 4.79 Å². The van der Waals surface area contributed by atoms with Gasteiger partial charge >= 0.3 is 0 Å². The number of nitrogens with one attached hydrogen (secondary N) is 1. The van der Waals surface area contributed by atoms with Crippen LogP contribution in [0.1, 0.15) is 11.5 Å². The van der Waals surface area contributed by atoms with Gasteiger partial charge in [0, 0.05) is 5.02 Å². The topological polar surface area (TPSA) is 63.8 Å². The standard InChI is InChI=1S/C14H12BrClN2O3/c1-9-2-4-11(21-9)7-17-18-14(19)8-20-13-5-3-10(16)6-12(13)15/h2-7H,8H2,1H3,(H,18,19)/b17-7-. The first-order chi connectivity index (χ1) is 10.0. The Morgan fingerprint density at radius 3 is 2.95 bits per heavy atom. The maximum atomic E-state index is 11.6. The summed E-state index contributed by atoms with van der Waals surface area (Å²) in [5.41, 5.74) is 2.35. The summed E-state index contributed by atoms with van der Waals surface area (Å²) < 4.78 is 11.3. The van der Waals surface area contributed by atoms with Crippen LogP contribution in [0.4, 0.5) is 0 Å². The number of hydrazone groups is 1. The van der Waals surface area contributed by atoms with E-state index in [1.54, 1.807) is 24.3 Å². The highest BCUT2D eigenvalue weighted by Gasteiger charge is 2.05. The Hall–Kier alpha value is -1.79. The number of hydrogen-bond donors (Lipinski definition) is 1. The molecule has 0 bridgehead atoms. The van der Waals surface area contributed by atoms with E-state index in [1.807, 2.05) is 13.0 Å². The lowest BCUT2D eigenvalue weighted by molar-refractivity contribution is -0.123. The van der Waals surface area contributed by atoms with Gasteiger partial charge in [0.15, 0.2) is 6.61 Å². The van der Waals surface area contributed by atoms with E-state index in [0.29, 0.717) is 21.0 Å². The van der Waals surface area contributed by atoms with Gasteiger partial charge in [-0.25, -0.2) is 5.43 Å². The zero-order chi connectivity index (χ0) is 15.2. The van der Waals surface area contributed by atoms with Gasteiger partial charge in [0.1, 0.15) is 17.3 Å². The highest BCUT2D eigenvalue weighted by atomic mass is 79.9. The Morgan fingerprint density at radius 2 is 2.29 bits per heavy atom. The fraction of sp³-hybridized carbons (Fsp3) is 0.143. The maximum absolute atomic E-state index is 11.6. The summed E-state index contributed by atoms with van der Waals surface area (Å²) in [6, 6.07) is 8.61. The number of aryl methyl sites for hydroxylation is 1. The number of ether oxygens (including phenoxy) is 1. The van der Waals surface area contributed by atoms with Crippen molar-refractivity contribution in [3.63, 3.8) is 0 Å². The number of nitrogens with zero attached hydrogens (tertiary/aromatic N) is 1. The van der Waals surface area contributed by atoms with Crippen LogP contribution in [0.2, 0.25) is 5.02 Å². The van der Waals surface area contributed by atoms with Crippen LogP contribution in [-0.4, -0.2) is 18.7 Å². The molecule has 0 saturated carbocycles. The Balaban J connectivity index is 1.81. The number of benzene rings is 1. The lowest BCUT2D eigenvalue weighted by Gasteiger charge is -2.07. The minimum absolute atomic E-state index is 0.158. The van der Waals surface area contributed by atoms with Gasteiger partial charge in [-0.2, -0.15) is 5.10 Å². The van der Waals surface area contributed by atoms with Gasteiger partial charge in [0.2, 0.25) is 0 Å². The van der Waals surface area contributed by atoms with Crippen LogP contribution in [0.15, 0.2) is 44.3 Å². The number of rotatable bonds is 5. The lowest BCUT2D eigenvalue weighted by Crippen LogP contribution is -2.24. The number of halogens is 2. The van der Waals surface area contributed by atoms with Crippen molar-refractivity contribution in [2.45, 2.75) is 6.92 Å². The molecular formula is C14H12BrClN2O3. The van der Waals surface area contributed by atoms with Gasteiger partial charge in [0.25, 0.3) is 5.91 Å². The molecule has 0 spiro atoms. The molecule has 1 aromatic carbocycles. The molecule has 1 heterocycles. The van der Waals surface area contributed by atoms with Crippen molar-refractivity contribution in [1.82, 2.24) is 5.43 Å². The van der Waals surface area contributed by atoms with E-state index in [1.165, 1.54) is 6.21 Å². The number of furan rings is 1. The summed E-state index contributed by atoms with van der Waals surface area (Å²) >= 11 is 9.11. The molecule has 2 aromatic rings. The van der Waals surface area contributed by atoms with Gasteiger partial charge in [-0.05, 0) is 53.2 Å². The van der Waals surface area contributed by atoms with Crippen LogP contribution in [-0.2, 0) is 4.79 Å². The Bertz CT molecular complexity index is 670. The average Bonchev–Trinajstić information content (AvgIpc) is 2.83. The molecule has 1 aromatic heterocycles. The molecule has 0 radical (unpaired) electrons. The van der Waals surface area contributed by atoms with Gasteiger partial charge in [-0.1, -0.05) is 11.6 Å². The third-order valence-electron chi connectivity index (χ3n) is 2.39. The first kappa shape index (κ1) is 15.6. The highest BCUT2D eigenvalue weighted by molar-refractivity contribution is 9.10. The van der Waals surface area contributed by atoms with Crippen molar-refractivity contribution in [2.24, 2.45) is 5.10 Å². The van der Waals surface area contributed by atoms with Crippen molar-refractivity contribution in [1.29, 1.82) is 0 Å². The van der Waals surface area contributed by atoms with Crippen molar-refractivity contribution >= 4 is 39.7 Å². The molecule has 110 valence electrons. The summed E-state index contributed by atoms with van der Waals surface area (Å²) in [6.07, 6.45) is 1.42. The van der Waals surface area contributed by atoms with Gasteiger partial charge in [-0.3, -0.25) is 4.79 Å². The molecule has 0 fully saturated rings. The number of amides is 1. The van der Waals surface area contributed by atoms with Crippen molar-refractivity contribution in [2.75, 3.05) is 6.61 Å². The third kappa shape index (κ3) is 4.91. The van der Waals surface area contributed by atoms with Crippen LogP contribution in [0.3, 0.4) is 0 Å². The van der Waals surface area contributed by atoms with Crippen LogP contribution in [0.25, 0.3) is 0 Å². The smallest absolute Gasteiger partial charge is 0.277 e. The molecule has 0 unspecified atom stereocenters. The van der Waals surface area contributed by atoms with Gasteiger partial charge in [0.05, 0.1) is 10.7 Å². The normalized spacial score (nSPS) is 10.8. The molecule has 1 N–H and O–H groups in total. The largest absolute Gasteiger partial charge is 0.483 e. The van der Waals surface area contributed by atoms with Crippen molar-refractivity contribution in [3.05, 3.63) is 51.3 Å². The molecule has 0 aliphatic heterocycles. The number of hydrogen-bond acceptors (Lipinski definition) is 4. The Kier molecular flexibility index (Phi) is 5.41. The predicted octanol–water partition coefficient (Wildman–Crippen LogP) is 3.53. The molecule has 0 saturated heterocycles. The van der Waals surface area contributed by atoms with E-state index in [4.69, 9.17) is 20.8 Å². The van der Waals surface area contributed by atoms with E-state index in [0.717, 1.165) is 5.76 Å². The zero-order valence-electron chi connectivity index (χ0n) is 11.1. The Morgan fingerprint density at radius 1 is 1.48 bits per heavy atom. The van der Waals surface area contributed by atoms with E-state index < -0.39 is 0 Å². The SMILES string of the molecule is Cc1ccc(/C=N\NC(=O)COc2ccc(Cl)cc2Br)o1. The fourth-order valence-corrected chi connectivity index (χ4v) is 2.26. The second kappa shape index (κ2) is 7.28. The van der Waals surface area contributed by atoms with E-state index >= 15 is 0 Å². The summed E-state index contributed by atoms with van der Waals surface area (Å²) in [4.78, 5) is 11.6. The van der Waals surface area contributed by atoms with E-state index in [-0.39, 0.29) is 12.5 Å². The molecule has 7 heteroatoms. The molecule has 1 amide bonds. The second-order valence-electron chi connectivity index (χ2n) is 4.11. The van der Waals surface area contributed by atoms with Crippen LogP contribution < -0.4 is 10.2 Å². The monoisotopic (exact) mass is 370 g/mol. The average molecular weight is 372 g/mol. The molecular weight excluding hydrogens is 360 g/mol. The summed E-state index contributed by atoms with van der Waals surface area (Å²) in [5, 5.41) is 4.35. The lowest BCUT2D eigenvalue weighted by atomic mass is 10.3. The summed E-state index contributed by atoms with van der Waals surface area (Å²) in [5.74, 6) is 1.49. The molecule has 21 heavy (non-hydrogen) atoms. The fourth-order valence-electron chi connectivity index (χ4n) is 1.46. The first-order valence-corrected chi connectivity index (χ1v) is 7.18. The molecule has 0 aliphatic carbocycles. The van der Waals surface area contributed by atoms with Crippen LogP contribution in [0.5, 0.6) is 5.75 Å². The maximum Gasteiger partial charge on any atom is 0.277 e. The highest BCUT2D eigenvalue weighted by Crippen LogP contribution is 2.27. The van der Waals surface area contributed by atoms with Crippen molar-refractivity contribution in [3.8, 4) is 5.75 Å². The molecule has 5 nitrogen and oxygen atoms in total. The Labute approximate surface area is 135 Å². The molecule has 0 aliphatic rings. The number of carbonyl (C=O) groups is 1.